The number of methoxy groups -OCH3 is 2. The molecule has 0 spiro atoms. The normalized spacial score (nSPS) is 14.0. The smallest absolute Gasteiger partial charge is 0.227 e. The fraction of sp³-hybridized carbons (Fsp3) is 0.350. The third-order valence-corrected chi connectivity index (χ3v) is 4.42. The van der Waals surface area contributed by atoms with Crippen molar-refractivity contribution in [2.24, 2.45) is 0 Å². The second kappa shape index (κ2) is 7.47. The molecule has 0 bridgehead atoms. The molecule has 1 saturated heterocycles. The lowest BCUT2D eigenvalue weighted by Gasteiger charge is -2.39. The maximum Gasteiger partial charge on any atom is 0.227 e. The van der Waals surface area contributed by atoms with Crippen LogP contribution in [0.2, 0.25) is 0 Å². The molecule has 0 aromatic heterocycles. The van der Waals surface area contributed by atoms with Gasteiger partial charge in [0.05, 0.1) is 33.7 Å². The van der Waals surface area contributed by atoms with Crippen molar-refractivity contribution < 1.29 is 19.0 Å². The number of para-hydroxylation sites is 1. The molecular formula is C20H23NO4. The van der Waals surface area contributed by atoms with E-state index in [4.69, 9.17) is 14.2 Å². The van der Waals surface area contributed by atoms with Crippen molar-refractivity contribution in [3.05, 3.63) is 53.6 Å². The molecule has 0 unspecified atom stereocenters. The van der Waals surface area contributed by atoms with Gasteiger partial charge >= 0.3 is 0 Å². The van der Waals surface area contributed by atoms with Gasteiger partial charge in [0.1, 0.15) is 23.4 Å². The molecule has 0 radical (unpaired) electrons. The fourth-order valence-corrected chi connectivity index (χ4v) is 2.88. The topological polar surface area (TPSA) is 48.0 Å². The first kappa shape index (κ1) is 17.1. The zero-order valence-electron chi connectivity index (χ0n) is 14.8. The van der Waals surface area contributed by atoms with Gasteiger partial charge < -0.3 is 19.1 Å². The highest BCUT2D eigenvalue weighted by Crippen LogP contribution is 2.26. The number of hydrogen-bond acceptors (Lipinski definition) is 4. The minimum atomic E-state index is 0.0530. The number of carbonyl (C=O) groups excluding carboxylic acids is 1. The third-order valence-electron chi connectivity index (χ3n) is 4.42. The summed E-state index contributed by atoms with van der Waals surface area (Å²) in [6, 6.07) is 13.4. The van der Waals surface area contributed by atoms with Crippen molar-refractivity contribution in [2.75, 3.05) is 27.3 Å². The largest absolute Gasteiger partial charge is 0.497 e. The number of amides is 1. The molecular weight excluding hydrogens is 318 g/mol. The minimum Gasteiger partial charge on any atom is -0.497 e. The first-order valence-electron chi connectivity index (χ1n) is 8.31. The van der Waals surface area contributed by atoms with Crippen molar-refractivity contribution in [1.82, 2.24) is 4.90 Å². The fourth-order valence-electron chi connectivity index (χ4n) is 2.88. The van der Waals surface area contributed by atoms with E-state index in [1.165, 1.54) is 0 Å². The van der Waals surface area contributed by atoms with Gasteiger partial charge in [-0.1, -0.05) is 18.2 Å². The molecule has 1 aliphatic heterocycles. The molecule has 0 aliphatic carbocycles. The first-order chi connectivity index (χ1) is 12.1. The average Bonchev–Trinajstić information content (AvgIpc) is 2.58. The van der Waals surface area contributed by atoms with Crippen LogP contribution in [0.15, 0.2) is 42.5 Å². The lowest BCUT2D eigenvalue weighted by molar-refractivity contribution is -0.139. The quantitative estimate of drug-likeness (QED) is 0.811. The molecule has 0 atom stereocenters. The van der Waals surface area contributed by atoms with E-state index in [0.29, 0.717) is 24.6 Å². The highest BCUT2D eigenvalue weighted by atomic mass is 16.5. The number of hydrogen-bond donors (Lipinski definition) is 0. The van der Waals surface area contributed by atoms with Crippen LogP contribution in [0.25, 0.3) is 0 Å². The summed E-state index contributed by atoms with van der Waals surface area (Å²) in [7, 11) is 3.21. The monoisotopic (exact) mass is 341 g/mol. The van der Waals surface area contributed by atoms with Crippen molar-refractivity contribution >= 4 is 5.91 Å². The number of aryl methyl sites for hydroxylation is 1. The van der Waals surface area contributed by atoms with Gasteiger partial charge in [-0.2, -0.15) is 0 Å². The van der Waals surface area contributed by atoms with Crippen molar-refractivity contribution in [3.63, 3.8) is 0 Å². The Labute approximate surface area is 148 Å². The SMILES string of the molecule is COc1ccc(OC)c(CC(=O)N2CC(Oc3ccccc3C)C2)c1. The zero-order chi connectivity index (χ0) is 17.8. The Morgan fingerprint density at radius 3 is 2.52 bits per heavy atom. The Balaban J connectivity index is 1.57. The van der Waals surface area contributed by atoms with Crippen molar-refractivity contribution in [1.29, 1.82) is 0 Å². The molecule has 1 heterocycles. The molecule has 2 aromatic rings. The molecule has 5 nitrogen and oxygen atoms in total. The summed E-state index contributed by atoms with van der Waals surface area (Å²) in [4.78, 5) is 14.3. The van der Waals surface area contributed by atoms with Crippen LogP contribution in [0, 0.1) is 6.92 Å². The minimum absolute atomic E-state index is 0.0530. The summed E-state index contributed by atoms with van der Waals surface area (Å²) in [6.07, 6.45) is 0.342. The second-order valence-corrected chi connectivity index (χ2v) is 6.16. The van der Waals surface area contributed by atoms with Gasteiger partial charge in [0.25, 0.3) is 0 Å². The molecule has 0 saturated carbocycles. The molecule has 5 heteroatoms. The average molecular weight is 341 g/mol. The number of benzene rings is 2. The number of rotatable bonds is 6. The van der Waals surface area contributed by atoms with Gasteiger partial charge in [-0.3, -0.25) is 4.79 Å². The summed E-state index contributed by atoms with van der Waals surface area (Å²) >= 11 is 0. The van der Waals surface area contributed by atoms with E-state index in [1.807, 2.05) is 54.3 Å². The molecule has 0 N–H and O–H groups in total. The Bertz CT molecular complexity index is 753. The van der Waals surface area contributed by atoms with Gasteiger partial charge in [0, 0.05) is 5.56 Å². The first-order valence-corrected chi connectivity index (χ1v) is 8.31. The van der Waals surface area contributed by atoms with Crippen LogP contribution in [0.1, 0.15) is 11.1 Å². The number of nitrogens with zero attached hydrogens (tertiary/aromatic N) is 1. The zero-order valence-corrected chi connectivity index (χ0v) is 14.8. The van der Waals surface area contributed by atoms with E-state index in [1.54, 1.807) is 14.2 Å². The predicted octanol–water partition coefficient (Wildman–Crippen LogP) is 2.84. The third kappa shape index (κ3) is 3.87. The summed E-state index contributed by atoms with van der Waals surface area (Å²) in [6.45, 7) is 3.24. The number of likely N-dealkylation sites (tertiary alicyclic amines) is 1. The summed E-state index contributed by atoms with van der Waals surface area (Å²) in [5, 5.41) is 0. The van der Waals surface area contributed by atoms with Gasteiger partial charge in [0.2, 0.25) is 5.91 Å². The number of ether oxygens (including phenoxy) is 3. The van der Waals surface area contributed by atoms with Crippen LogP contribution in [-0.2, 0) is 11.2 Å². The Hall–Kier alpha value is -2.69. The van der Waals surface area contributed by atoms with Crippen LogP contribution >= 0.6 is 0 Å². The van der Waals surface area contributed by atoms with Crippen molar-refractivity contribution in [3.8, 4) is 17.2 Å². The lowest BCUT2D eigenvalue weighted by Crippen LogP contribution is -2.56. The van der Waals surface area contributed by atoms with E-state index < -0.39 is 0 Å². The molecule has 3 rings (SSSR count). The van der Waals surface area contributed by atoms with E-state index in [0.717, 1.165) is 16.9 Å². The summed E-state index contributed by atoms with van der Waals surface area (Å²) < 4.78 is 16.5. The summed E-state index contributed by atoms with van der Waals surface area (Å²) in [5.74, 6) is 2.36. The van der Waals surface area contributed by atoms with Gasteiger partial charge in [-0.05, 0) is 36.8 Å². The van der Waals surface area contributed by atoms with E-state index in [-0.39, 0.29) is 18.4 Å². The Morgan fingerprint density at radius 2 is 1.84 bits per heavy atom. The van der Waals surface area contributed by atoms with E-state index in [9.17, 15) is 4.79 Å². The van der Waals surface area contributed by atoms with Crippen molar-refractivity contribution in [2.45, 2.75) is 19.4 Å². The molecule has 25 heavy (non-hydrogen) atoms. The van der Waals surface area contributed by atoms with E-state index >= 15 is 0 Å². The lowest BCUT2D eigenvalue weighted by atomic mass is 10.1. The highest BCUT2D eigenvalue weighted by Gasteiger charge is 2.32. The Kier molecular flexibility index (Phi) is 5.12. The van der Waals surface area contributed by atoms with Gasteiger partial charge in [-0.15, -0.1) is 0 Å². The molecule has 1 amide bonds. The van der Waals surface area contributed by atoms with Crippen LogP contribution < -0.4 is 14.2 Å². The molecule has 2 aromatic carbocycles. The standard InChI is InChI=1S/C20H23NO4/c1-14-6-4-5-7-18(14)25-17-12-21(13-17)20(22)11-15-10-16(23-2)8-9-19(15)24-3/h4-10,17H,11-13H2,1-3H3. The number of carbonyl (C=O) groups is 1. The van der Waals surface area contributed by atoms with Gasteiger partial charge in [0.15, 0.2) is 0 Å². The molecule has 1 aliphatic rings. The van der Waals surface area contributed by atoms with Crippen LogP contribution in [-0.4, -0.2) is 44.2 Å². The predicted molar refractivity (Wildman–Crippen MR) is 95.4 cm³/mol. The second-order valence-electron chi connectivity index (χ2n) is 6.16. The van der Waals surface area contributed by atoms with Crippen LogP contribution in [0.5, 0.6) is 17.2 Å². The van der Waals surface area contributed by atoms with Crippen LogP contribution in [0.4, 0.5) is 0 Å². The van der Waals surface area contributed by atoms with Gasteiger partial charge in [-0.25, -0.2) is 0 Å². The van der Waals surface area contributed by atoms with E-state index in [2.05, 4.69) is 0 Å². The molecule has 132 valence electrons. The highest BCUT2D eigenvalue weighted by molar-refractivity contribution is 5.80. The van der Waals surface area contributed by atoms with Crippen LogP contribution in [0.3, 0.4) is 0 Å². The molecule has 1 fully saturated rings. The maximum absolute atomic E-state index is 12.5. The maximum atomic E-state index is 12.5. The summed E-state index contributed by atoms with van der Waals surface area (Å²) in [5.41, 5.74) is 1.93. The Morgan fingerprint density at radius 1 is 1.08 bits per heavy atom.